The molecule has 2 N–H and O–H groups in total. The van der Waals surface area contributed by atoms with Gasteiger partial charge in [-0.1, -0.05) is 12.1 Å². The molecule has 0 fully saturated rings. The molecule has 0 bridgehead atoms. The zero-order valence-electron chi connectivity index (χ0n) is 7.08. The highest BCUT2D eigenvalue weighted by molar-refractivity contribution is 5.60. The van der Waals surface area contributed by atoms with Crippen LogP contribution in [0.2, 0.25) is 0 Å². The first-order valence-electron chi connectivity index (χ1n) is 3.83. The number of carbonyl (C=O) groups excluding carboxylic acids is 1. The average Bonchev–Trinajstić information content (AvgIpc) is 2.15. The summed E-state index contributed by atoms with van der Waals surface area (Å²) < 4.78 is 36.3. The van der Waals surface area contributed by atoms with E-state index in [2.05, 4.69) is 0 Å². The van der Waals surface area contributed by atoms with Crippen LogP contribution in [-0.2, 0) is 11.0 Å². The van der Waals surface area contributed by atoms with E-state index in [0.29, 0.717) is 11.8 Å². The summed E-state index contributed by atoms with van der Waals surface area (Å²) in [7, 11) is 0. The highest BCUT2D eigenvalue weighted by Gasteiger charge is 2.30. The summed E-state index contributed by atoms with van der Waals surface area (Å²) in [6.45, 7) is 0. The van der Waals surface area contributed by atoms with Crippen molar-refractivity contribution in [2.45, 2.75) is 12.2 Å². The third-order valence-corrected chi connectivity index (χ3v) is 1.77. The van der Waals surface area contributed by atoms with Crippen LogP contribution in [0.3, 0.4) is 0 Å². The summed E-state index contributed by atoms with van der Waals surface area (Å²) in [6, 6.07) is 3.33. The van der Waals surface area contributed by atoms with Gasteiger partial charge in [-0.2, -0.15) is 13.2 Å². The molecule has 0 spiro atoms. The van der Waals surface area contributed by atoms with E-state index in [9.17, 15) is 18.0 Å². The molecule has 1 aromatic rings. The van der Waals surface area contributed by atoms with Crippen molar-refractivity contribution in [1.29, 1.82) is 0 Å². The van der Waals surface area contributed by atoms with Crippen molar-refractivity contribution in [1.82, 2.24) is 0 Å². The second kappa shape index (κ2) is 3.79. The lowest BCUT2D eigenvalue weighted by Gasteiger charge is -2.08. The largest absolute Gasteiger partial charge is 0.416 e. The molecule has 0 heterocycles. The molecule has 0 saturated heterocycles. The molecule has 76 valence electrons. The smallest absolute Gasteiger partial charge is 0.318 e. The topological polar surface area (TPSA) is 43.1 Å². The van der Waals surface area contributed by atoms with Crippen LogP contribution in [0.15, 0.2) is 24.3 Å². The summed E-state index contributed by atoms with van der Waals surface area (Å²) >= 11 is 0. The average molecular weight is 203 g/mol. The van der Waals surface area contributed by atoms with Crippen molar-refractivity contribution in [3.63, 3.8) is 0 Å². The highest BCUT2D eigenvalue weighted by Crippen LogP contribution is 2.29. The van der Waals surface area contributed by atoms with Crippen molar-refractivity contribution < 1.29 is 18.0 Å². The van der Waals surface area contributed by atoms with Gasteiger partial charge in [0.25, 0.3) is 0 Å². The Balaban J connectivity index is 2.95. The number of hydrogen-bond donors (Lipinski definition) is 1. The Morgan fingerprint density at radius 1 is 1.21 bits per heavy atom. The lowest BCUT2D eigenvalue weighted by molar-refractivity contribution is -0.137. The first-order valence-corrected chi connectivity index (χ1v) is 3.83. The number of hydrogen-bond acceptors (Lipinski definition) is 2. The third-order valence-electron chi connectivity index (χ3n) is 1.77. The van der Waals surface area contributed by atoms with E-state index in [1.165, 1.54) is 12.1 Å². The normalized spacial score (nSPS) is 13.7. The lowest BCUT2D eigenvalue weighted by Crippen LogP contribution is -2.12. The van der Waals surface area contributed by atoms with Crippen molar-refractivity contribution >= 4 is 6.29 Å². The van der Waals surface area contributed by atoms with Crippen LogP contribution in [0.1, 0.15) is 17.2 Å². The third kappa shape index (κ3) is 2.32. The van der Waals surface area contributed by atoms with E-state index in [-0.39, 0.29) is 0 Å². The monoisotopic (exact) mass is 203 g/mol. The Bertz CT molecular complexity index is 318. The second-order valence-corrected chi connectivity index (χ2v) is 2.78. The highest BCUT2D eigenvalue weighted by atomic mass is 19.4. The fourth-order valence-corrected chi connectivity index (χ4v) is 0.973. The number of benzene rings is 1. The minimum absolute atomic E-state index is 0.369. The molecule has 0 radical (unpaired) electrons. The zero-order valence-corrected chi connectivity index (χ0v) is 7.08. The Morgan fingerprint density at radius 2 is 1.71 bits per heavy atom. The quantitative estimate of drug-likeness (QED) is 0.746. The van der Waals surface area contributed by atoms with Crippen LogP contribution in [0.4, 0.5) is 13.2 Å². The van der Waals surface area contributed by atoms with Crippen LogP contribution in [-0.4, -0.2) is 6.29 Å². The first-order chi connectivity index (χ1) is 6.45. The molecular formula is C9H8F3NO. The van der Waals surface area contributed by atoms with Gasteiger partial charge in [0.05, 0.1) is 11.6 Å². The van der Waals surface area contributed by atoms with E-state index in [4.69, 9.17) is 5.73 Å². The van der Waals surface area contributed by atoms with Gasteiger partial charge < -0.3 is 10.5 Å². The number of aldehydes is 1. The molecule has 5 heteroatoms. The van der Waals surface area contributed by atoms with Crippen LogP contribution < -0.4 is 5.73 Å². The number of halogens is 3. The number of nitrogens with two attached hydrogens (primary N) is 1. The summed E-state index contributed by atoms with van der Waals surface area (Å²) in [5, 5.41) is 0. The Morgan fingerprint density at radius 3 is 2.07 bits per heavy atom. The van der Waals surface area contributed by atoms with Gasteiger partial charge in [-0.05, 0) is 17.7 Å². The van der Waals surface area contributed by atoms with Gasteiger partial charge in [-0.3, -0.25) is 0 Å². The Hall–Kier alpha value is -1.36. The maximum atomic E-state index is 12.1. The lowest BCUT2D eigenvalue weighted by atomic mass is 10.1. The molecule has 0 aliphatic heterocycles. The number of rotatable bonds is 2. The van der Waals surface area contributed by atoms with Gasteiger partial charge in [0.2, 0.25) is 0 Å². The van der Waals surface area contributed by atoms with E-state index in [1.54, 1.807) is 0 Å². The molecule has 0 aliphatic rings. The maximum absolute atomic E-state index is 12.1. The summed E-state index contributed by atoms with van der Waals surface area (Å²) in [5.41, 5.74) is 4.92. The molecule has 1 aromatic carbocycles. The second-order valence-electron chi connectivity index (χ2n) is 2.78. The van der Waals surface area contributed by atoms with Crippen molar-refractivity contribution in [2.75, 3.05) is 0 Å². The van der Waals surface area contributed by atoms with E-state index >= 15 is 0 Å². The number of carbonyl (C=O) groups is 1. The van der Waals surface area contributed by atoms with Gasteiger partial charge in [0.15, 0.2) is 0 Å². The predicted octanol–water partition coefficient (Wildman–Crippen LogP) is 1.90. The van der Waals surface area contributed by atoms with Gasteiger partial charge in [0.1, 0.15) is 6.29 Å². The summed E-state index contributed by atoms with van der Waals surface area (Å²) in [4.78, 5) is 10.2. The molecule has 1 unspecified atom stereocenters. The van der Waals surface area contributed by atoms with Gasteiger partial charge in [-0.15, -0.1) is 0 Å². The van der Waals surface area contributed by atoms with E-state index in [1.807, 2.05) is 0 Å². The Kier molecular flexibility index (Phi) is 2.90. The van der Waals surface area contributed by atoms with Crippen LogP contribution in [0.25, 0.3) is 0 Å². The summed E-state index contributed by atoms with van der Waals surface area (Å²) in [6.07, 6.45) is -3.88. The van der Waals surface area contributed by atoms with Gasteiger partial charge >= 0.3 is 6.18 Å². The fraction of sp³-hybridized carbons (Fsp3) is 0.222. The van der Waals surface area contributed by atoms with E-state index < -0.39 is 17.8 Å². The van der Waals surface area contributed by atoms with E-state index in [0.717, 1.165) is 12.1 Å². The maximum Gasteiger partial charge on any atom is 0.416 e. The molecule has 0 aromatic heterocycles. The first kappa shape index (κ1) is 10.7. The molecular weight excluding hydrogens is 195 g/mol. The van der Waals surface area contributed by atoms with Crippen molar-refractivity contribution in [3.8, 4) is 0 Å². The molecule has 1 atom stereocenters. The van der Waals surface area contributed by atoms with Gasteiger partial charge in [0, 0.05) is 0 Å². The van der Waals surface area contributed by atoms with Gasteiger partial charge in [-0.25, -0.2) is 0 Å². The minimum atomic E-state index is -4.36. The minimum Gasteiger partial charge on any atom is -0.318 e. The standard InChI is InChI=1S/C9H8F3NO/c10-9(11,12)7-3-1-6(2-4-7)8(13)5-14/h1-5,8H,13H2. The van der Waals surface area contributed by atoms with Crippen LogP contribution >= 0.6 is 0 Å². The van der Waals surface area contributed by atoms with Crippen LogP contribution in [0.5, 0.6) is 0 Å². The predicted molar refractivity (Wildman–Crippen MR) is 44.4 cm³/mol. The molecule has 0 amide bonds. The fourth-order valence-electron chi connectivity index (χ4n) is 0.973. The molecule has 2 nitrogen and oxygen atoms in total. The summed E-state index contributed by atoms with van der Waals surface area (Å²) in [5.74, 6) is 0. The Labute approximate surface area is 78.5 Å². The molecule has 0 aliphatic carbocycles. The molecule has 1 rings (SSSR count). The molecule has 14 heavy (non-hydrogen) atoms. The van der Waals surface area contributed by atoms with Crippen LogP contribution in [0, 0.1) is 0 Å². The van der Waals surface area contributed by atoms with Crippen molar-refractivity contribution in [3.05, 3.63) is 35.4 Å². The van der Waals surface area contributed by atoms with Crippen molar-refractivity contribution in [2.24, 2.45) is 5.73 Å². The zero-order chi connectivity index (χ0) is 10.8. The number of alkyl halides is 3. The SMILES string of the molecule is NC(C=O)c1ccc(C(F)(F)F)cc1. The molecule has 0 saturated carbocycles.